The molecule has 0 saturated heterocycles. The second kappa shape index (κ2) is 6.26. The van der Waals surface area contributed by atoms with E-state index in [9.17, 15) is 4.79 Å². The topological polar surface area (TPSA) is 51.3 Å². The number of aromatic amines is 1. The average Bonchev–Trinajstić information content (AvgIpc) is 2.88. The molecule has 0 bridgehead atoms. The Hall–Kier alpha value is -1.75. The van der Waals surface area contributed by atoms with Gasteiger partial charge in [-0.1, -0.05) is 22.0 Å². The maximum atomic E-state index is 11.5. The highest BCUT2D eigenvalue weighted by Crippen LogP contribution is 2.17. The number of hydrogen-bond donors (Lipinski definition) is 1. The molecular formula is C13H12BrNO3. The number of carbonyl (C=O) groups is 1. The molecule has 94 valence electrons. The first kappa shape index (κ1) is 12.7. The second-order valence-electron chi connectivity index (χ2n) is 3.53. The normalized spacial score (nSPS) is 10.1. The standard InChI is InChI=1S/C13H12BrNO3/c14-10-3-1-4-11(9-10)17-7-8-18-13(16)12-5-2-6-15-12/h1-6,9,15H,7-8H2. The molecule has 0 aliphatic carbocycles. The molecule has 2 rings (SSSR count). The van der Waals surface area contributed by atoms with E-state index in [1.165, 1.54) is 0 Å². The summed E-state index contributed by atoms with van der Waals surface area (Å²) in [6, 6.07) is 10.9. The summed E-state index contributed by atoms with van der Waals surface area (Å²) >= 11 is 3.35. The molecule has 1 aromatic heterocycles. The first-order chi connectivity index (χ1) is 8.75. The molecule has 0 spiro atoms. The molecule has 4 nitrogen and oxygen atoms in total. The number of benzene rings is 1. The molecule has 0 fully saturated rings. The van der Waals surface area contributed by atoms with Crippen LogP contribution in [0.25, 0.3) is 0 Å². The van der Waals surface area contributed by atoms with Gasteiger partial charge in [-0.05, 0) is 30.3 Å². The zero-order chi connectivity index (χ0) is 12.8. The van der Waals surface area contributed by atoms with Crippen molar-refractivity contribution in [1.29, 1.82) is 0 Å². The Labute approximate surface area is 113 Å². The van der Waals surface area contributed by atoms with Crippen LogP contribution in [-0.4, -0.2) is 24.2 Å². The van der Waals surface area contributed by atoms with E-state index < -0.39 is 0 Å². The highest BCUT2D eigenvalue weighted by atomic mass is 79.9. The van der Waals surface area contributed by atoms with Crippen molar-refractivity contribution >= 4 is 21.9 Å². The van der Waals surface area contributed by atoms with E-state index in [0.29, 0.717) is 12.3 Å². The van der Waals surface area contributed by atoms with Crippen molar-refractivity contribution in [2.45, 2.75) is 0 Å². The number of ether oxygens (including phenoxy) is 2. The number of H-pyrrole nitrogens is 1. The third-order valence-electron chi connectivity index (χ3n) is 2.20. The monoisotopic (exact) mass is 309 g/mol. The SMILES string of the molecule is O=C(OCCOc1cccc(Br)c1)c1ccc[nH]1. The molecule has 0 aliphatic rings. The number of hydrogen-bond acceptors (Lipinski definition) is 3. The zero-order valence-corrected chi connectivity index (χ0v) is 11.1. The van der Waals surface area contributed by atoms with E-state index in [1.54, 1.807) is 18.3 Å². The fourth-order valence-electron chi connectivity index (χ4n) is 1.39. The van der Waals surface area contributed by atoms with Gasteiger partial charge in [0.2, 0.25) is 0 Å². The smallest absolute Gasteiger partial charge is 0.354 e. The molecule has 5 heteroatoms. The van der Waals surface area contributed by atoms with Gasteiger partial charge in [-0.15, -0.1) is 0 Å². The number of carbonyl (C=O) groups excluding carboxylic acids is 1. The van der Waals surface area contributed by atoms with Gasteiger partial charge in [0.05, 0.1) is 0 Å². The molecule has 0 radical (unpaired) electrons. The quantitative estimate of drug-likeness (QED) is 0.682. The van der Waals surface area contributed by atoms with E-state index in [1.807, 2.05) is 24.3 Å². The van der Waals surface area contributed by atoms with Gasteiger partial charge in [0.25, 0.3) is 0 Å². The summed E-state index contributed by atoms with van der Waals surface area (Å²) in [7, 11) is 0. The first-order valence-corrected chi connectivity index (χ1v) is 6.24. The number of aromatic nitrogens is 1. The fraction of sp³-hybridized carbons (Fsp3) is 0.154. The third-order valence-corrected chi connectivity index (χ3v) is 2.69. The van der Waals surface area contributed by atoms with Crippen LogP contribution in [-0.2, 0) is 4.74 Å². The van der Waals surface area contributed by atoms with Crippen LogP contribution in [0.2, 0.25) is 0 Å². The molecule has 0 amide bonds. The minimum atomic E-state index is -0.377. The largest absolute Gasteiger partial charge is 0.490 e. The van der Waals surface area contributed by atoms with E-state index in [-0.39, 0.29) is 12.6 Å². The minimum absolute atomic E-state index is 0.213. The van der Waals surface area contributed by atoms with Crippen LogP contribution in [0.15, 0.2) is 47.1 Å². The van der Waals surface area contributed by atoms with Gasteiger partial charge < -0.3 is 14.5 Å². The van der Waals surface area contributed by atoms with Crippen LogP contribution in [0, 0.1) is 0 Å². The minimum Gasteiger partial charge on any atom is -0.490 e. The Morgan fingerprint density at radius 3 is 2.83 bits per heavy atom. The van der Waals surface area contributed by atoms with Crippen molar-refractivity contribution in [2.24, 2.45) is 0 Å². The van der Waals surface area contributed by atoms with Crippen LogP contribution in [0.4, 0.5) is 0 Å². The van der Waals surface area contributed by atoms with Crippen LogP contribution in [0.1, 0.15) is 10.5 Å². The molecule has 1 N–H and O–H groups in total. The Morgan fingerprint density at radius 1 is 1.22 bits per heavy atom. The van der Waals surface area contributed by atoms with Crippen molar-refractivity contribution in [3.05, 3.63) is 52.8 Å². The van der Waals surface area contributed by atoms with Gasteiger partial charge in [-0.3, -0.25) is 0 Å². The maximum absolute atomic E-state index is 11.5. The van der Waals surface area contributed by atoms with Crippen molar-refractivity contribution in [3.63, 3.8) is 0 Å². The van der Waals surface area contributed by atoms with Crippen LogP contribution in [0.5, 0.6) is 5.75 Å². The molecule has 18 heavy (non-hydrogen) atoms. The lowest BCUT2D eigenvalue weighted by molar-refractivity contribution is 0.0444. The number of rotatable bonds is 5. The number of esters is 1. The van der Waals surface area contributed by atoms with Gasteiger partial charge in [-0.25, -0.2) is 4.79 Å². The molecule has 2 aromatic rings. The van der Waals surface area contributed by atoms with Crippen LogP contribution >= 0.6 is 15.9 Å². The second-order valence-corrected chi connectivity index (χ2v) is 4.44. The lowest BCUT2D eigenvalue weighted by Crippen LogP contribution is -2.12. The van der Waals surface area contributed by atoms with Crippen LogP contribution < -0.4 is 4.74 Å². The highest BCUT2D eigenvalue weighted by Gasteiger charge is 2.06. The maximum Gasteiger partial charge on any atom is 0.354 e. The van der Waals surface area contributed by atoms with Crippen molar-refractivity contribution in [3.8, 4) is 5.75 Å². The summed E-state index contributed by atoms with van der Waals surface area (Å²) in [5.41, 5.74) is 0.442. The van der Waals surface area contributed by atoms with Crippen LogP contribution in [0.3, 0.4) is 0 Å². The molecule has 0 unspecified atom stereocenters. The van der Waals surface area contributed by atoms with E-state index >= 15 is 0 Å². The number of halogens is 1. The predicted octanol–water partition coefficient (Wildman–Crippen LogP) is 3.01. The lowest BCUT2D eigenvalue weighted by Gasteiger charge is -2.07. The summed E-state index contributed by atoms with van der Waals surface area (Å²) in [5.74, 6) is 0.359. The van der Waals surface area contributed by atoms with Crippen molar-refractivity contribution in [1.82, 2.24) is 4.98 Å². The first-order valence-electron chi connectivity index (χ1n) is 5.44. The van der Waals surface area contributed by atoms with E-state index in [2.05, 4.69) is 20.9 Å². The van der Waals surface area contributed by atoms with Gasteiger partial charge in [0, 0.05) is 10.7 Å². The summed E-state index contributed by atoms with van der Waals surface area (Å²) in [4.78, 5) is 14.2. The third kappa shape index (κ3) is 3.63. The summed E-state index contributed by atoms with van der Waals surface area (Å²) in [6.07, 6.45) is 1.68. The zero-order valence-electron chi connectivity index (χ0n) is 9.56. The molecule has 0 aliphatic heterocycles. The molecule has 1 aromatic carbocycles. The lowest BCUT2D eigenvalue weighted by atomic mass is 10.3. The summed E-state index contributed by atoms with van der Waals surface area (Å²) in [6.45, 7) is 0.535. The van der Waals surface area contributed by atoms with Crippen molar-refractivity contribution in [2.75, 3.05) is 13.2 Å². The Morgan fingerprint density at radius 2 is 2.11 bits per heavy atom. The van der Waals surface area contributed by atoms with E-state index in [0.717, 1.165) is 10.2 Å². The Balaban J connectivity index is 1.72. The predicted molar refractivity (Wildman–Crippen MR) is 70.7 cm³/mol. The molecule has 1 heterocycles. The van der Waals surface area contributed by atoms with E-state index in [4.69, 9.17) is 9.47 Å². The Bertz CT molecular complexity index is 511. The van der Waals surface area contributed by atoms with Gasteiger partial charge in [0.15, 0.2) is 0 Å². The Kier molecular flexibility index (Phi) is 4.41. The van der Waals surface area contributed by atoms with Gasteiger partial charge >= 0.3 is 5.97 Å². The molecule has 0 saturated carbocycles. The fourth-order valence-corrected chi connectivity index (χ4v) is 1.76. The molecular weight excluding hydrogens is 298 g/mol. The van der Waals surface area contributed by atoms with Gasteiger partial charge in [-0.2, -0.15) is 0 Å². The number of nitrogens with one attached hydrogen (secondary N) is 1. The van der Waals surface area contributed by atoms with Crippen molar-refractivity contribution < 1.29 is 14.3 Å². The highest BCUT2D eigenvalue weighted by molar-refractivity contribution is 9.10. The summed E-state index contributed by atoms with van der Waals surface area (Å²) in [5, 5.41) is 0. The van der Waals surface area contributed by atoms with Gasteiger partial charge in [0.1, 0.15) is 24.7 Å². The summed E-state index contributed by atoms with van der Waals surface area (Å²) < 4.78 is 11.4. The molecule has 0 atom stereocenters. The average molecular weight is 310 g/mol.